The topological polar surface area (TPSA) is 56.9 Å². The van der Waals surface area contributed by atoms with Crippen LogP contribution in [0.2, 0.25) is 0 Å². The molecule has 0 atom stereocenters. The van der Waals surface area contributed by atoms with E-state index in [-0.39, 0.29) is 0 Å². The van der Waals surface area contributed by atoms with Crippen LogP contribution in [0.4, 0.5) is 5.69 Å². The minimum atomic E-state index is 0.713. The van der Waals surface area contributed by atoms with Gasteiger partial charge in [-0.2, -0.15) is 0 Å². The van der Waals surface area contributed by atoms with Gasteiger partial charge in [-0.15, -0.1) is 0 Å². The molecule has 1 aromatic carbocycles. The number of nitrogens with two attached hydrogens (primary N) is 1. The number of para-hydroxylation sites is 1. The SMILES string of the molecule is CN1CCC(CN(C)C(=Nc2ccccc2)NN)CC1. The van der Waals surface area contributed by atoms with Crippen molar-refractivity contribution in [2.24, 2.45) is 16.8 Å². The van der Waals surface area contributed by atoms with E-state index in [9.17, 15) is 0 Å². The van der Waals surface area contributed by atoms with Crippen molar-refractivity contribution in [3.8, 4) is 0 Å². The smallest absolute Gasteiger partial charge is 0.213 e. The van der Waals surface area contributed by atoms with Gasteiger partial charge in [0.05, 0.1) is 5.69 Å². The largest absolute Gasteiger partial charge is 0.344 e. The van der Waals surface area contributed by atoms with Gasteiger partial charge in [0.15, 0.2) is 0 Å². The predicted molar refractivity (Wildman–Crippen MR) is 83.7 cm³/mol. The normalized spacial score (nSPS) is 18.1. The summed E-state index contributed by atoms with van der Waals surface area (Å²) in [5.74, 6) is 7.05. The molecule has 1 heterocycles. The van der Waals surface area contributed by atoms with Crippen LogP contribution in [0.25, 0.3) is 0 Å². The monoisotopic (exact) mass is 275 g/mol. The lowest BCUT2D eigenvalue weighted by Crippen LogP contribution is -2.45. The van der Waals surface area contributed by atoms with Crippen LogP contribution in [0.15, 0.2) is 35.3 Å². The summed E-state index contributed by atoms with van der Waals surface area (Å²) in [6.07, 6.45) is 2.48. The van der Waals surface area contributed by atoms with Gasteiger partial charge in [0.25, 0.3) is 0 Å². The molecule has 0 saturated carbocycles. The Balaban J connectivity index is 1.95. The molecule has 1 aliphatic rings. The van der Waals surface area contributed by atoms with Gasteiger partial charge in [-0.05, 0) is 51.0 Å². The summed E-state index contributed by atoms with van der Waals surface area (Å²) in [6.45, 7) is 3.35. The molecule has 0 aliphatic carbocycles. The van der Waals surface area contributed by atoms with Crippen molar-refractivity contribution in [1.82, 2.24) is 15.2 Å². The van der Waals surface area contributed by atoms with E-state index < -0.39 is 0 Å². The zero-order chi connectivity index (χ0) is 14.4. The highest BCUT2D eigenvalue weighted by molar-refractivity contribution is 5.81. The fourth-order valence-electron chi connectivity index (χ4n) is 2.57. The Hall–Kier alpha value is -1.59. The molecule has 0 aromatic heterocycles. The van der Waals surface area contributed by atoms with Crippen LogP contribution in [0.5, 0.6) is 0 Å². The molecule has 1 aromatic rings. The first kappa shape index (κ1) is 14.8. The van der Waals surface area contributed by atoms with E-state index in [1.54, 1.807) is 0 Å². The molecule has 0 spiro atoms. The molecule has 0 amide bonds. The van der Waals surface area contributed by atoms with E-state index in [1.165, 1.54) is 25.9 Å². The zero-order valence-corrected chi connectivity index (χ0v) is 12.4. The predicted octanol–water partition coefficient (Wildman–Crippen LogP) is 1.41. The van der Waals surface area contributed by atoms with Crippen molar-refractivity contribution >= 4 is 11.6 Å². The molecule has 1 aliphatic heterocycles. The Morgan fingerprint density at radius 1 is 1.35 bits per heavy atom. The van der Waals surface area contributed by atoms with Crippen LogP contribution >= 0.6 is 0 Å². The lowest BCUT2D eigenvalue weighted by atomic mass is 9.97. The minimum absolute atomic E-state index is 0.713. The summed E-state index contributed by atoms with van der Waals surface area (Å²) < 4.78 is 0. The number of benzene rings is 1. The molecule has 2 rings (SSSR count). The second-order valence-corrected chi connectivity index (χ2v) is 5.54. The highest BCUT2D eigenvalue weighted by atomic mass is 15.4. The lowest BCUT2D eigenvalue weighted by Gasteiger charge is -2.32. The standard InChI is InChI=1S/C15H25N5/c1-19-10-8-13(9-11-19)12-20(2)15(18-16)17-14-6-4-3-5-7-14/h3-7,13H,8-12,16H2,1-2H3,(H,17,18). The second-order valence-electron chi connectivity index (χ2n) is 5.54. The van der Waals surface area contributed by atoms with Crippen LogP contribution < -0.4 is 11.3 Å². The fourth-order valence-corrected chi connectivity index (χ4v) is 2.57. The summed E-state index contributed by atoms with van der Waals surface area (Å²) in [6, 6.07) is 9.88. The number of nitrogens with one attached hydrogen (secondary N) is 1. The van der Waals surface area contributed by atoms with Gasteiger partial charge in [0.1, 0.15) is 0 Å². The molecule has 1 fully saturated rings. The van der Waals surface area contributed by atoms with Gasteiger partial charge in [0.2, 0.25) is 5.96 Å². The highest BCUT2D eigenvalue weighted by Gasteiger charge is 2.19. The third-order valence-corrected chi connectivity index (χ3v) is 3.85. The molecule has 3 N–H and O–H groups in total. The number of hydrogen-bond acceptors (Lipinski definition) is 3. The van der Waals surface area contributed by atoms with Gasteiger partial charge in [-0.3, -0.25) is 5.43 Å². The lowest BCUT2D eigenvalue weighted by molar-refractivity contribution is 0.199. The maximum atomic E-state index is 5.62. The molecule has 20 heavy (non-hydrogen) atoms. The molecule has 1 saturated heterocycles. The Morgan fingerprint density at radius 2 is 2.00 bits per heavy atom. The maximum absolute atomic E-state index is 5.62. The van der Waals surface area contributed by atoms with E-state index in [4.69, 9.17) is 5.84 Å². The summed E-state index contributed by atoms with van der Waals surface area (Å²) in [5, 5.41) is 0. The summed E-state index contributed by atoms with van der Waals surface area (Å²) in [7, 11) is 4.23. The Kier molecular flexibility index (Phi) is 5.38. The van der Waals surface area contributed by atoms with Crippen LogP contribution in [0, 0.1) is 5.92 Å². The number of rotatable bonds is 3. The van der Waals surface area contributed by atoms with Gasteiger partial charge in [-0.1, -0.05) is 18.2 Å². The first-order chi connectivity index (χ1) is 9.69. The molecular formula is C15H25N5. The fraction of sp³-hybridized carbons (Fsp3) is 0.533. The molecule has 0 radical (unpaired) electrons. The maximum Gasteiger partial charge on any atom is 0.213 e. The summed E-state index contributed by atoms with van der Waals surface area (Å²) in [5.41, 5.74) is 3.63. The third-order valence-electron chi connectivity index (χ3n) is 3.85. The first-order valence-corrected chi connectivity index (χ1v) is 7.19. The summed E-state index contributed by atoms with van der Waals surface area (Å²) >= 11 is 0. The molecule has 0 bridgehead atoms. The summed E-state index contributed by atoms with van der Waals surface area (Å²) in [4.78, 5) is 9.05. The molecule has 110 valence electrons. The van der Waals surface area contributed by atoms with Crippen LogP contribution in [0.3, 0.4) is 0 Å². The van der Waals surface area contributed by atoms with Crippen LogP contribution in [-0.2, 0) is 0 Å². The van der Waals surface area contributed by atoms with Crippen molar-refractivity contribution in [1.29, 1.82) is 0 Å². The van der Waals surface area contributed by atoms with Gasteiger partial charge < -0.3 is 9.80 Å². The highest BCUT2D eigenvalue weighted by Crippen LogP contribution is 2.17. The molecule has 0 unspecified atom stereocenters. The van der Waals surface area contributed by atoms with E-state index in [0.717, 1.165) is 18.2 Å². The van der Waals surface area contributed by atoms with E-state index in [0.29, 0.717) is 5.92 Å². The third kappa shape index (κ3) is 4.21. The van der Waals surface area contributed by atoms with Gasteiger partial charge in [-0.25, -0.2) is 10.8 Å². The molecule has 5 nitrogen and oxygen atoms in total. The average Bonchev–Trinajstić information content (AvgIpc) is 2.48. The van der Waals surface area contributed by atoms with Crippen molar-refractivity contribution in [3.63, 3.8) is 0 Å². The minimum Gasteiger partial charge on any atom is -0.344 e. The number of aliphatic imine (C=N–C) groups is 1. The first-order valence-electron chi connectivity index (χ1n) is 7.19. The molecular weight excluding hydrogens is 250 g/mol. The quantitative estimate of drug-likeness (QED) is 0.379. The van der Waals surface area contributed by atoms with Crippen LogP contribution in [-0.4, -0.2) is 49.5 Å². The number of nitrogens with zero attached hydrogens (tertiary/aromatic N) is 3. The van der Waals surface area contributed by atoms with Crippen LogP contribution in [0.1, 0.15) is 12.8 Å². The second kappa shape index (κ2) is 7.26. The zero-order valence-electron chi connectivity index (χ0n) is 12.4. The van der Waals surface area contributed by atoms with Crippen molar-refractivity contribution in [2.45, 2.75) is 12.8 Å². The van der Waals surface area contributed by atoms with E-state index in [1.807, 2.05) is 37.4 Å². The number of guanidine groups is 1. The Bertz CT molecular complexity index is 423. The average molecular weight is 275 g/mol. The van der Waals surface area contributed by atoms with Crippen molar-refractivity contribution in [2.75, 3.05) is 33.7 Å². The Morgan fingerprint density at radius 3 is 2.60 bits per heavy atom. The van der Waals surface area contributed by atoms with E-state index >= 15 is 0 Å². The van der Waals surface area contributed by atoms with Crippen molar-refractivity contribution in [3.05, 3.63) is 30.3 Å². The number of piperidine rings is 1. The van der Waals surface area contributed by atoms with Gasteiger partial charge in [0, 0.05) is 13.6 Å². The van der Waals surface area contributed by atoms with E-state index in [2.05, 4.69) is 27.3 Å². The van der Waals surface area contributed by atoms with Gasteiger partial charge >= 0.3 is 0 Å². The number of hydrogen-bond donors (Lipinski definition) is 2. The van der Waals surface area contributed by atoms with Crippen molar-refractivity contribution < 1.29 is 0 Å². The molecule has 5 heteroatoms. The Labute approximate surface area is 121 Å². The number of likely N-dealkylation sites (tertiary alicyclic amines) is 1. The number of hydrazine groups is 1.